The topological polar surface area (TPSA) is 51.5 Å². The van der Waals surface area contributed by atoms with Crippen LogP contribution in [0.25, 0.3) is 27.7 Å². The van der Waals surface area contributed by atoms with Crippen molar-refractivity contribution in [1.82, 2.24) is 0 Å². The molecule has 1 aromatic heterocycles. The molecule has 0 saturated heterocycles. The number of aryl methyl sites for hydroxylation is 2. The quantitative estimate of drug-likeness (QED) is 0.318. The fraction of sp³-hybridized carbons (Fsp3) is 0.179. The minimum atomic E-state index is -0.360. The number of halogens is 1. The van der Waals surface area contributed by atoms with Gasteiger partial charge in [-0.2, -0.15) is 0 Å². The zero-order valence-corrected chi connectivity index (χ0v) is 19.2. The Morgan fingerprint density at radius 3 is 2.58 bits per heavy atom. The molecule has 0 bridgehead atoms. The molecule has 0 fully saturated rings. The van der Waals surface area contributed by atoms with E-state index in [1.165, 1.54) is 12.1 Å². The van der Waals surface area contributed by atoms with E-state index in [-0.39, 0.29) is 11.7 Å². The van der Waals surface area contributed by atoms with E-state index in [0.717, 1.165) is 38.8 Å². The second-order valence-corrected chi connectivity index (χ2v) is 7.98. The second kappa shape index (κ2) is 9.33. The number of allylic oxidation sites excluding steroid dienone is 1. The number of carbonyl (C=O) groups excluding carboxylic acids is 1. The number of nitrogens with one attached hydrogen (secondary N) is 1. The van der Waals surface area contributed by atoms with Gasteiger partial charge in [-0.25, -0.2) is 4.39 Å². The van der Waals surface area contributed by atoms with Crippen molar-refractivity contribution in [2.24, 2.45) is 0 Å². The molecule has 5 heteroatoms. The molecule has 0 aliphatic heterocycles. The molecule has 4 rings (SSSR count). The molecule has 0 aliphatic carbocycles. The van der Waals surface area contributed by atoms with E-state index in [1.807, 2.05) is 57.2 Å². The molecule has 0 saturated carbocycles. The van der Waals surface area contributed by atoms with Gasteiger partial charge in [0.05, 0.1) is 12.9 Å². The number of carbonyl (C=O) groups is 1. The van der Waals surface area contributed by atoms with Crippen LogP contribution in [0.4, 0.5) is 10.1 Å². The third kappa shape index (κ3) is 4.53. The number of fused-ring (bicyclic) bond motifs is 1. The van der Waals surface area contributed by atoms with Crippen LogP contribution in [0.5, 0.6) is 5.75 Å². The first-order valence-electron chi connectivity index (χ1n) is 10.9. The summed E-state index contributed by atoms with van der Waals surface area (Å²) in [5.74, 6) is -0.0186. The third-order valence-corrected chi connectivity index (χ3v) is 5.63. The Hall–Kier alpha value is -3.86. The Morgan fingerprint density at radius 1 is 1.12 bits per heavy atom. The Morgan fingerprint density at radius 2 is 1.88 bits per heavy atom. The van der Waals surface area contributed by atoms with Gasteiger partial charge < -0.3 is 14.5 Å². The summed E-state index contributed by atoms with van der Waals surface area (Å²) in [5, 5.41) is 3.68. The highest BCUT2D eigenvalue weighted by Crippen LogP contribution is 2.40. The Balaban J connectivity index is 1.76. The first kappa shape index (κ1) is 22.3. The summed E-state index contributed by atoms with van der Waals surface area (Å²) in [6.07, 6.45) is 3.26. The van der Waals surface area contributed by atoms with Crippen LogP contribution in [0, 0.1) is 19.7 Å². The molecular weight excluding hydrogens is 417 g/mol. The lowest BCUT2D eigenvalue weighted by molar-refractivity contribution is -0.111. The minimum Gasteiger partial charge on any atom is -0.493 e. The maximum absolute atomic E-state index is 13.8. The summed E-state index contributed by atoms with van der Waals surface area (Å²) < 4.78 is 25.7. The van der Waals surface area contributed by atoms with E-state index < -0.39 is 0 Å². The molecule has 1 N–H and O–H groups in total. The lowest BCUT2D eigenvalue weighted by atomic mass is 9.96. The first-order valence-corrected chi connectivity index (χ1v) is 10.9. The summed E-state index contributed by atoms with van der Waals surface area (Å²) in [6.45, 7) is 7.90. The molecular formula is C28H26FNO3. The molecule has 0 radical (unpaired) electrons. The van der Waals surface area contributed by atoms with E-state index in [9.17, 15) is 9.18 Å². The number of benzene rings is 3. The molecule has 0 atom stereocenters. The smallest absolute Gasteiger partial charge is 0.248 e. The van der Waals surface area contributed by atoms with Crippen molar-refractivity contribution in [1.29, 1.82) is 0 Å². The Bertz CT molecular complexity index is 1350. The molecule has 0 unspecified atom stereocenters. The highest BCUT2D eigenvalue weighted by atomic mass is 19.1. The van der Waals surface area contributed by atoms with Crippen molar-refractivity contribution < 1.29 is 18.3 Å². The predicted molar refractivity (Wildman–Crippen MR) is 131 cm³/mol. The zero-order chi connectivity index (χ0) is 23.5. The summed E-state index contributed by atoms with van der Waals surface area (Å²) in [7, 11) is 0. The number of hydrogen-bond acceptors (Lipinski definition) is 3. The van der Waals surface area contributed by atoms with Gasteiger partial charge >= 0.3 is 0 Å². The summed E-state index contributed by atoms with van der Waals surface area (Å²) in [6, 6.07) is 16.6. The van der Waals surface area contributed by atoms with Gasteiger partial charge in [0.1, 0.15) is 17.1 Å². The monoisotopic (exact) mass is 443 g/mol. The highest BCUT2D eigenvalue weighted by molar-refractivity contribution is 6.06. The van der Waals surface area contributed by atoms with Crippen LogP contribution in [-0.2, 0) is 4.79 Å². The molecule has 0 spiro atoms. The molecule has 33 heavy (non-hydrogen) atoms. The van der Waals surface area contributed by atoms with Crippen LogP contribution in [-0.4, -0.2) is 12.5 Å². The fourth-order valence-corrected chi connectivity index (χ4v) is 3.90. The molecule has 168 valence electrons. The second-order valence-electron chi connectivity index (χ2n) is 7.98. The van der Waals surface area contributed by atoms with Gasteiger partial charge in [0.15, 0.2) is 0 Å². The molecule has 1 heterocycles. The number of furan rings is 1. The molecule has 4 nitrogen and oxygen atoms in total. The SMILES string of the molecule is CCOc1c(/C(C)=C/C(=O)Nc2ccc(C)c(F)c2)cc2c(-c3ccccc3)coc2c1C. The van der Waals surface area contributed by atoms with Crippen LogP contribution in [0.1, 0.15) is 30.5 Å². The van der Waals surface area contributed by atoms with Crippen LogP contribution in [0.3, 0.4) is 0 Å². The normalized spacial score (nSPS) is 11.6. The Labute approximate surface area is 192 Å². The highest BCUT2D eigenvalue weighted by Gasteiger charge is 2.19. The lowest BCUT2D eigenvalue weighted by Gasteiger charge is -2.15. The fourth-order valence-electron chi connectivity index (χ4n) is 3.90. The largest absolute Gasteiger partial charge is 0.493 e. The van der Waals surface area contributed by atoms with Crippen molar-refractivity contribution in [2.45, 2.75) is 27.7 Å². The average Bonchev–Trinajstić information content (AvgIpc) is 3.23. The van der Waals surface area contributed by atoms with Crippen LogP contribution >= 0.6 is 0 Å². The number of anilines is 1. The van der Waals surface area contributed by atoms with Crippen molar-refractivity contribution in [3.8, 4) is 16.9 Å². The summed E-state index contributed by atoms with van der Waals surface area (Å²) >= 11 is 0. The van der Waals surface area contributed by atoms with Crippen molar-refractivity contribution in [3.63, 3.8) is 0 Å². The minimum absolute atomic E-state index is 0.341. The molecule has 1 amide bonds. The number of amides is 1. The first-order chi connectivity index (χ1) is 15.9. The maximum atomic E-state index is 13.8. The van der Waals surface area contributed by atoms with Crippen molar-refractivity contribution in [2.75, 3.05) is 11.9 Å². The van der Waals surface area contributed by atoms with Crippen molar-refractivity contribution >= 4 is 28.1 Å². The van der Waals surface area contributed by atoms with E-state index in [0.29, 0.717) is 23.6 Å². The van der Waals surface area contributed by atoms with Gasteiger partial charge in [0, 0.05) is 33.8 Å². The average molecular weight is 444 g/mol. The van der Waals surface area contributed by atoms with E-state index in [1.54, 1.807) is 25.3 Å². The Kier molecular flexibility index (Phi) is 6.31. The van der Waals surface area contributed by atoms with Gasteiger partial charge in [-0.05, 0) is 62.6 Å². The standard InChI is InChI=1S/C28H26FNO3/c1-5-32-27-19(4)28-23(24(16-33-28)20-9-7-6-8-10-20)15-22(27)18(3)13-26(31)30-21-12-11-17(2)25(29)14-21/h6-16H,5H2,1-4H3,(H,30,31)/b18-13+. The number of rotatable bonds is 6. The summed E-state index contributed by atoms with van der Waals surface area (Å²) in [4.78, 5) is 12.7. The molecule has 4 aromatic rings. The van der Waals surface area contributed by atoms with Crippen molar-refractivity contribution in [3.05, 3.63) is 89.4 Å². The van der Waals surface area contributed by atoms with Gasteiger partial charge in [-0.15, -0.1) is 0 Å². The number of ether oxygens (including phenoxy) is 1. The lowest BCUT2D eigenvalue weighted by Crippen LogP contribution is -2.09. The van der Waals surface area contributed by atoms with Crippen LogP contribution in [0.15, 0.2) is 71.4 Å². The van der Waals surface area contributed by atoms with Gasteiger partial charge in [-0.3, -0.25) is 4.79 Å². The molecule has 0 aliphatic rings. The van der Waals surface area contributed by atoms with Gasteiger partial charge in [0.2, 0.25) is 5.91 Å². The van der Waals surface area contributed by atoms with E-state index >= 15 is 0 Å². The van der Waals surface area contributed by atoms with Gasteiger partial charge in [0.25, 0.3) is 0 Å². The van der Waals surface area contributed by atoms with Crippen LogP contribution < -0.4 is 10.1 Å². The van der Waals surface area contributed by atoms with Crippen LogP contribution in [0.2, 0.25) is 0 Å². The third-order valence-electron chi connectivity index (χ3n) is 5.63. The predicted octanol–water partition coefficient (Wildman–Crippen LogP) is 7.30. The van der Waals surface area contributed by atoms with E-state index in [4.69, 9.17) is 9.15 Å². The molecule has 3 aromatic carbocycles. The maximum Gasteiger partial charge on any atom is 0.248 e. The number of hydrogen-bond donors (Lipinski definition) is 1. The van der Waals surface area contributed by atoms with Gasteiger partial charge in [-0.1, -0.05) is 36.4 Å². The zero-order valence-electron chi connectivity index (χ0n) is 19.2. The van der Waals surface area contributed by atoms with E-state index in [2.05, 4.69) is 5.32 Å². The summed E-state index contributed by atoms with van der Waals surface area (Å²) in [5.41, 5.74) is 6.13.